The Labute approximate surface area is 151 Å². The van der Waals surface area contributed by atoms with Crippen molar-refractivity contribution < 1.29 is 13.9 Å². The van der Waals surface area contributed by atoms with E-state index < -0.39 is 5.72 Å². The highest BCUT2D eigenvalue weighted by molar-refractivity contribution is 7.80. The molecule has 0 aliphatic carbocycles. The molecule has 2 atom stereocenters. The minimum absolute atomic E-state index is 0.00433. The molecule has 2 aliphatic heterocycles. The maximum atomic E-state index is 14.4. The summed E-state index contributed by atoms with van der Waals surface area (Å²) in [6.45, 7) is 4.42. The second-order valence-electron chi connectivity index (χ2n) is 6.38. The SMILES string of the molecule is CCOc1cccc2c1O[C@]1(C)C[C@@H]2NC(=S)N1c1ccccc1F. The van der Waals surface area contributed by atoms with Crippen LogP contribution in [0.15, 0.2) is 42.5 Å². The van der Waals surface area contributed by atoms with E-state index in [1.165, 1.54) is 6.07 Å². The number of thiocarbonyl (C=S) groups is 1. The highest BCUT2D eigenvalue weighted by Gasteiger charge is 2.49. The summed E-state index contributed by atoms with van der Waals surface area (Å²) in [6, 6.07) is 12.4. The van der Waals surface area contributed by atoms with Gasteiger partial charge >= 0.3 is 0 Å². The molecule has 2 heterocycles. The predicted octanol–water partition coefficient (Wildman–Crippen LogP) is 4.16. The van der Waals surface area contributed by atoms with E-state index in [-0.39, 0.29) is 11.9 Å². The summed E-state index contributed by atoms with van der Waals surface area (Å²) >= 11 is 5.55. The van der Waals surface area contributed by atoms with Crippen molar-refractivity contribution in [2.45, 2.75) is 32.0 Å². The molecule has 0 saturated carbocycles. The zero-order chi connectivity index (χ0) is 17.6. The van der Waals surface area contributed by atoms with E-state index >= 15 is 0 Å². The lowest BCUT2D eigenvalue weighted by Gasteiger charge is -2.52. The van der Waals surface area contributed by atoms with Crippen molar-refractivity contribution in [2.24, 2.45) is 0 Å². The zero-order valence-electron chi connectivity index (χ0n) is 14.1. The lowest BCUT2D eigenvalue weighted by Crippen LogP contribution is -2.65. The Kier molecular flexibility index (Phi) is 3.80. The number of ether oxygens (including phenoxy) is 2. The maximum Gasteiger partial charge on any atom is 0.188 e. The molecule has 6 heteroatoms. The molecule has 2 aromatic rings. The van der Waals surface area contributed by atoms with Crippen LogP contribution in [0.25, 0.3) is 0 Å². The molecule has 130 valence electrons. The van der Waals surface area contributed by atoms with Crippen molar-refractivity contribution in [2.75, 3.05) is 11.5 Å². The van der Waals surface area contributed by atoms with E-state index in [0.717, 1.165) is 5.56 Å². The number of hydrogen-bond donors (Lipinski definition) is 1. The number of anilines is 1. The maximum absolute atomic E-state index is 14.4. The van der Waals surface area contributed by atoms with Crippen LogP contribution in [0.1, 0.15) is 31.9 Å². The number of halogens is 1. The molecule has 1 fully saturated rings. The van der Waals surface area contributed by atoms with Gasteiger partial charge in [-0.05, 0) is 44.3 Å². The molecule has 0 spiro atoms. The van der Waals surface area contributed by atoms with Crippen molar-refractivity contribution in [1.82, 2.24) is 5.32 Å². The molecule has 0 aromatic heterocycles. The fourth-order valence-corrected chi connectivity index (χ4v) is 4.06. The van der Waals surface area contributed by atoms with Crippen LogP contribution in [-0.2, 0) is 0 Å². The topological polar surface area (TPSA) is 33.7 Å². The average Bonchev–Trinajstić information content (AvgIpc) is 2.57. The Hall–Kier alpha value is -2.34. The van der Waals surface area contributed by atoms with E-state index in [0.29, 0.717) is 35.3 Å². The first-order chi connectivity index (χ1) is 12.0. The van der Waals surface area contributed by atoms with Crippen molar-refractivity contribution in [3.63, 3.8) is 0 Å². The first-order valence-corrected chi connectivity index (χ1v) is 8.74. The Bertz CT molecular complexity index is 844. The van der Waals surface area contributed by atoms with Crippen LogP contribution in [0.4, 0.5) is 10.1 Å². The largest absolute Gasteiger partial charge is 0.490 e. The summed E-state index contributed by atoms with van der Waals surface area (Å²) in [5.41, 5.74) is 0.618. The summed E-state index contributed by atoms with van der Waals surface area (Å²) in [6.07, 6.45) is 0.643. The Morgan fingerprint density at radius 3 is 2.88 bits per heavy atom. The molecule has 1 saturated heterocycles. The minimum Gasteiger partial charge on any atom is -0.490 e. The smallest absolute Gasteiger partial charge is 0.188 e. The van der Waals surface area contributed by atoms with Crippen molar-refractivity contribution in [3.05, 3.63) is 53.8 Å². The number of nitrogens with one attached hydrogen (secondary N) is 1. The van der Waals surface area contributed by atoms with Crippen molar-refractivity contribution in [1.29, 1.82) is 0 Å². The molecule has 0 radical (unpaired) electrons. The third-order valence-electron chi connectivity index (χ3n) is 4.66. The van der Waals surface area contributed by atoms with Crippen LogP contribution in [-0.4, -0.2) is 17.4 Å². The number of nitrogens with zero attached hydrogens (tertiary/aromatic N) is 1. The molecule has 4 nitrogen and oxygen atoms in total. The van der Waals surface area contributed by atoms with Gasteiger partial charge in [0.25, 0.3) is 0 Å². The van der Waals surface area contributed by atoms with Crippen LogP contribution in [0.5, 0.6) is 11.5 Å². The van der Waals surface area contributed by atoms with Gasteiger partial charge in [0.05, 0.1) is 18.3 Å². The number of fused-ring (bicyclic) bond motifs is 4. The van der Waals surface area contributed by atoms with Gasteiger partial charge in [-0.3, -0.25) is 4.90 Å². The molecule has 0 amide bonds. The molecule has 2 aromatic carbocycles. The highest BCUT2D eigenvalue weighted by atomic mass is 32.1. The van der Waals surface area contributed by atoms with E-state index in [4.69, 9.17) is 21.7 Å². The summed E-state index contributed by atoms with van der Waals surface area (Å²) < 4.78 is 26.5. The molecule has 2 aliphatic rings. The van der Waals surface area contributed by atoms with E-state index in [1.807, 2.05) is 32.0 Å². The monoisotopic (exact) mass is 358 g/mol. The van der Waals surface area contributed by atoms with Gasteiger partial charge in [-0.1, -0.05) is 24.3 Å². The van der Waals surface area contributed by atoms with Crippen LogP contribution in [0, 0.1) is 5.82 Å². The zero-order valence-corrected chi connectivity index (χ0v) is 14.9. The molecule has 0 unspecified atom stereocenters. The highest BCUT2D eigenvalue weighted by Crippen LogP contribution is 2.49. The van der Waals surface area contributed by atoms with Gasteiger partial charge in [0.2, 0.25) is 0 Å². The standard InChI is InChI=1S/C19H19FN2O2S/c1-3-23-16-10-6-7-12-14-11-19(2,24-17(12)16)22(18(25)21-14)15-9-5-4-8-13(15)20/h4-10,14H,3,11H2,1-2H3,(H,21,25)/t14-,19+/m0/s1. The fourth-order valence-electron chi connectivity index (χ4n) is 3.63. The van der Waals surface area contributed by atoms with Gasteiger partial charge in [0.1, 0.15) is 5.82 Å². The van der Waals surface area contributed by atoms with Gasteiger partial charge in [-0.15, -0.1) is 0 Å². The fraction of sp³-hybridized carbons (Fsp3) is 0.316. The lowest BCUT2D eigenvalue weighted by atomic mass is 9.90. The van der Waals surface area contributed by atoms with Crippen LogP contribution < -0.4 is 19.7 Å². The first kappa shape index (κ1) is 16.1. The third kappa shape index (κ3) is 2.52. The summed E-state index contributed by atoms with van der Waals surface area (Å²) in [7, 11) is 0. The second kappa shape index (κ2) is 5.88. The lowest BCUT2D eigenvalue weighted by molar-refractivity contribution is 0.0452. The Morgan fingerprint density at radius 2 is 2.12 bits per heavy atom. The second-order valence-corrected chi connectivity index (χ2v) is 6.76. The van der Waals surface area contributed by atoms with Gasteiger partial charge < -0.3 is 14.8 Å². The molecule has 2 bridgehead atoms. The van der Waals surface area contributed by atoms with E-state index in [1.54, 1.807) is 23.1 Å². The summed E-state index contributed by atoms with van der Waals surface area (Å²) in [5.74, 6) is 1.05. The third-order valence-corrected chi connectivity index (χ3v) is 4.96. The van der Waals surface area contributed by atoms with Gasteiger partial charge in [-0.25, -0.2) is 4.39 Å². The molecular weight excluding hydrogens is 339 g/mol. The van der Waals surface area contributed by atoms with E-state index in [2.05, 4.69) is 5.32 Å². The average molecular weight is 358 g/mol. The molecule has 1 N–H and O–H groups in total. The minimum atomic E-state index is -0.796. The van der Waals surface area contributed by atoms with E-state index in [9.17, 15) is 4.39 Å². The quantitative estimate of drug-likeness (QED) is 0.834. The summed E-state index contributed by atoms with van der Waals surface area (Å²) in [5, 5.41) is 3.78. The van der Waals surface area contributed by atoms with Crippen molar-refractivity contribution in [3.8, 4) is 11.5 Å². The molecule has 4 rings (SSSR count). The number of hydrogen-bond acceptors (Lipinski definition) is 3. The predicted molar refractivity (Wildman–Crippen MR) is 98.6 cm³/mol. The van der Waals surface area contributed by atoms with Crippen LogP contribution in [0.3, 0.4) is 0 Å². The molecule has 25 heavy (non-hydrogen) atoms. The van der Waals surface area contributed by atoms with Crippen molar-refractivity contribution >= 4 is 23.0 Å². The van der Waals surface area contributed by atoms with Gasteiger partial charge in [0, 0.05) is 12.0 Å². The number of benzene rings is 2. The number of rotatable bonds is 3. The normalized spacial score (nSPS) is 24.2. The van der Waals surface area contributed by atoms with Crippen LogP contribution in [0.2, 0.25) is 0 Å². The van der Waals surface area contributed by atoms with Gasteiger partial charge in [0.15, 0.2) is 22.3 Å². The first-order valence-electron chi connectivity index (χ1n) is 8.33. The summed E-state index contributed by atoms with van der Waals surface area (Å²) in [4.78, 5) is 1.72. The Morgan fingerprint density at radius 1 is 1.32 bits per heavy atom. The number of para-hydroxylation sites is 2. The Balaban J connectivity index is 1.82. The van der Waals surface area contributed by atoms with Gasteiger partial charge in [-0.2, -0.15) is 0 Å². The molecular formula is C19H19FN2O2S. The van der Waals surface area contributed by atoms with Crippen LogP contribution >= 0.6 is 12.2 Å².